The largest absolute Gasteiger partial charge is 0.463 e. The van der Waals surface area contributed by atoms with Crippen LogP contribution in [-0.2, 0) is 29.3 Å². The molecule has 2 aromatic carbocycles. The smallest absolute Gasteiger partial charge is 0.335 e. The van der Waals surface area contributed by atoms with Gasteiger partial charge in [-0.3, -0.25) is 4.79 Å². The highest BCUT2D eigenvalue weighted by molar-refractivity contribution is 6.19. The van der Waals surface area contributed by atoms with Crippen LogP contribution in [0.4, 0.5) is 0 Å². The minimum absolute atomic E-state index is 0.0811. The van der Waals surface area contributed by atoms with E-state index >= 15 is 0 Å². The summed E-state index contributed by atoms with van der Waals surface area (Å²) in [6, 6.07) is 16.5. The molecule has 0 saturated carbocycles. The molecule has 3 rings (SSSR count). The van der Waals surface area contributed by atoms with E-state index in [2.05, 4.69) is 11.8 Å². The topological polar surface area (TPSA) is 69.7 Å². The van der Waals surface area contributed by atoms with E-state index in [4.69, 9.17) is 9.47 Å². The van der Waals surface area contributed by atoms with Gasteiger partial charge in [0.05, 0.1) is 29.8 Å². The molecule has 0 unspecified atom stereocenters. The van der Waals surface area contributed by atoms with E-state index in [-0.39, 0.29) is 30.1 Å². The first kappa shape index (κ1) is 22.8. The van der Waals surface area contributed by atoms with E-state index in [1.807, 2.05) is 42.5 Å². The number of carbonyl (C=O) groups excluding carboxylic acids is 3. The highest BCUT2D eigenvalue weighted by Crippen LogP contribution is 2.42. The van der Waals surface area contributed by atoms with Crippen molar-refractivity contribution >= 4 is 23.8 Å². The molecule has 5 nitrogen and oxygen atoms in total. The summed E-state index contributed by atoms with van der Waals surface area (Å²) in [6.45, 7) is 5.18. The van der Waals surface area contributed by atoms with Gasteiger partial charge >= 0.3 is 11.9 Å². The van der Waals surface area contributed by atoms with Crippen molar-refractivity contribution in [3.8, 4) is 11.8 Å². The maximum atomic E-state index is 13.7. The Morgan fingerprint density at radius 1 is 0.938 bits per heavy atom. The Balaban J connectivity index is 2.19. The van der Waals surface area contributed by atoms with E-state index in [1.165, 1.54) is 0 Å². The summed E-state index contributed by atoms with van der Waals surface area (Å²) in [6.07, 6.45) is 2.77. The molecular weight excluding hydrogens is 404 g/mol. The van der Waals surface area contributed by atoms with Gasteiger partial charge in [0.2, 0.25) is 0 Å². The molecular formula is C27H24O5. The van der Waals surface area contributed by atoms with Crippen LogP contribution in [0.5, 0.6) is 0 Å². The van der Waals surface area contributed by atoms with Crippen molar-refractivity contribution in [1.82, 2.24) is 0 Å². The molecule has 1 atom stereocenters. The Kier molecular flexibility index (Phi) is 7.07. The number of benzene rings is 2. The van der Waals surface area contributed by atoms with E-state index in [9.17, 15) is 14.4 Å². The number of fused-ring (bicyclic) bond motifs is 1. The van der Waals surface area contributed by atoms with Crippen LogP contribution in [0.3, 0.4) is 0 Å². The molecule has 5 heteroatoms. The maximum Gasteiger partial charge on any atom is 0.335 e. The lowest BCUT2D eigenvalue weighted by Gasteiger charge is -2.34. The standard InChI is InChI=1S/C27H24O5/c1-4-31-24(28)18-23(26(30)32-5-2)27(3)22-14-10-9-13-20(22)17-21(25(27)29)16-15-19-11-7-6-8-12-19/h6-14,17-18H,4-5H2,1-3H3/b23-18+/t27-/m0/s1. The van der Waals surface area contributed by atoms with Crippen LogP contribution in [0, 0.1) is 11.8 Å². The van der Waals surface area contributed by atoms with Gasteiger partial charge in [0, 0.05) is 11.6 Å². The Morgan fingerprint density at radius 2 is 1.59 bits per heavy atom. The highest BCUT2D eigenvalue weighted by Gasteiger charge is 2.47. The minimum atomic E-state index is -1.47. The molecule has 0 N–H and O–H groups in total. The number of ketones is 1. The Labute approximate surface area is 187 Å². The van der Waals surface area contributed by atoms with Crippen molar-refractivity contribution < 1.29 is 23.9 Å². The SMILES string of the molecule is CCOC(=O)/C=C(\C(=O)OCC)[C@@]1(C)C(=O)C(C#Cc2ccccc2)=Cc2ccccc21. The molecule has 0 spiro atoms. The van der Waals surface area contributed by atoms with Gasteiger partial charge in [-0.1, -0.05) is 54.3 Å². The zero-order chi connectivity index (χ0) is 23.1. The lowest BCUT2D eigenvalue weighted by Crippen LogP contribution is -2.42. The molecule has 0 saturated heterocycles. The summed E-state index contributed by atoms with van der Waals surface area (Å²) < 4.78 is 10.2. The number of esters is 2. The number of rotatable bonds is 5. The third-order valence-electron chi connectivity index (χ3n) is 5.20. The average Bonchev–Trinajstić information content (AvgIpc) is 2.80. The van der Waals surface area contributed by atoms with Crippen molar-refractivity contribution in [3.05, 3.63) is 88.5 Å². The number of allylic oxidation sites excluding steroid dienone is 1. The minimum Gasteiger partial charge on any atom is -0.463 e. The van der Waals surface area contributed by atoms with Gasteiger partial charge < -0.3 is 9.47 Å². The summed E-state index contributed by atoms with van der Waals surface area (Å²) in [5, 5.41) is 0. The summed E-state index contributed by atoms with van der Waals surface area (Å²) in [4.78, 5) is 39.0. The highest BCUT2D eigenvalue weighted by atomic mass is 16.5. The van der Waals surface area contributed by atoms with Crippen molar-refractivity contribution in [2.24, 2.45) is 0 Å². The van der Waals surface area contributed by atoms with Crippen molar-refractivity contribution in [2.75, 3.05) is 13.2 Å². The second-order valence-corrected chi connectivity index (χ2v) is 7.25. The van der Waals surface area contributed by atoms with Gasteiger partial charge in [0.15, 0.2) is 5.78 Å². The first-order chi connectivity index (χ1) is 15.4. The van der Waals surface area contributed by atoms with Crippen LogP contribution in [0.2, 0.25) is 0 Å². The normalized spacial score (nSPS) is 17.4. The van der Waals surface area contributed by atoms with Gasteiger partial charge in [0.25, 0.3) is 0 Å². The first-order valence-corrected chi connectivity index (χ1v) is 10.4. The summed E-state index contributed by atoms with van der Waals surface area (Å²) >= 11 is 0. The van der Waals surface area contributed by atoms with Gasteiger partial charge in [-0.2, -0.15) is 0 Å². The number of Topliss-reactive ketones (excluding diaryl/α,β-unsaturated/α-hetero) is 1. The quantitative estimate of drug-likeness (QED) is 0.409. The third kappa shape index (κ3) is 4.55. The van der Waals surface area contributed by atoms with Gasteiger partial charge in [0.1, 0.15) is 0 Å². The molecule has 0 bridgehead atoms. The van der Waals surface area contributed by atoms with Crippen molar-refractivity contribution in [1.29, 1.82) is 0 Å². The third-order valence-corrected chi connectivity index (χ3v) is 5.20. The Morgan fingerprint density at radius 3 is 2.28 bits per heavy atom. The fourth-order valence-electron chi connectivity index (χ4n) is 3.63. The second kappa shape index (κ2) is 9.93. The van der Waals surface area contributed by atoms with Crippen molar-refractivity contribution in [2.45, 2.75) is 26.2 Å². The predicted molar refractivity (Wildman–Crippen MR) is 121 cm³/mol. The molecule has 32 heavy (non-hydrogen) atoms. The monoisotopic (exact) mass is 428 g/mol. The van der Waals surface area contributed by atoms with Crippen LogP contribution < -0.4 is 0 Å². The molecule has 0 aliphatic heterocycles. The molecule has 1 aliphatic carbocycles. The van der Waals surface area contributed by atoms with E-state index in [0.29, 0.717) is 5.56 Å². The molecule has 0 aromatic heterocycles. The molecule has 1 aliphatic rings. The van der Waals surface area contributed by atoms with E-state index in [1.54, 1.807) is 39.0 Å². The van der Waals surface area contributed by atoms with Gasteiger partial charge in [-0.05, 0) is 50.1 Å². The summed E-state index contributed by atoms with van der Waals surface area (Å²) in [5.74, 6) is 4.11. The molecule has 2 aromatic rings. The van der Waals surface area contributed by atoms with Crippen molar-refractivity contribution in [3.63, 3.8) is 0 Å². The number of ether oxygens (including phenoxy) is 2. The molecule has 0 amide bonds. The van der Waals surface area contributed by atoms with Crippen LogP contribution in [0.25, 0.3) is 6.08 Å². The second-order valence-electron chi connectivity index (χ2n) is 7.25. The summed E-state index contributed by atoms with van der Waals surface area (Å²) in [5.41, 5.74) is 0.793. The summed E-state index contributed by atoms with van der Waals surface area (Å²) in [7, 11) is 0. The zero-order valence-corrected chi connectivity index (χ0v) is 18.3. The van der Waals surface area contributed by atoms with E-state index < -0.39 is 17.4 Å². The number of hydrogen-bond donors (Lipinski definition) is 0. The van der Waals surface area contributed by atoms with Gasteiger partial charge in [-0.25, -0.2) is 9.59 Å². The predicted octanol–water partition coefficient (Wildman–Crippen LogP) is 4.01. The Bertz CT molecular complexity index is 1160. The zero-order valence-electron chi connectivity index (χ0n) is 18.3. The van der Waals surface area contributed by atoms with Crippen LogP contribution >= 0.6 is 0 Å². The maximum absolute atomic E-state index is 13.7. The molecule has 0 fully saturated rings. The van der Waals surface area contributed by atoms with Crippen LogP contribution in [0.15, 0.2) is 71.8 Å². The fourth-order valence-corrected chi connectivity index (χ4v) is 3.63. The number of carbonyl (C=O) groups is 3. The average molecular weight is 428 g/mol. The molecule has 0 heterocycles. The van der Waals surface area contributed by atoms with Gasteiger partial charge in [-0.15, -0.1) is 0 Å². The van der Waals surface area contributed by atoms with Crippen LogP contribution in [0.1, 0.15) is 37.5 Å². The van der Waals surface area contributed by atoms with Crippen LogP contribution in [-0.4, -0.2) is 30.9 Å². The van der Waals surface area contributed by atoms with E-state index in [0.717, 1.165) is 17.2 Å². The fraction of sp³-hybridized carbons (Fsp3) is 0.222. The Hall–Kier alpha value is -3.91. The molecule has 162 valence electrons. The lowest BCUT2D eigenvalue weighted by molar-refractivity contribution is -0.142. The first-order valence-electron chi connectivity index (χ1n) is 10.4. The molecule has 0 radical (unpaired) electrons. The number of hydrogen-bond acceptors (Lipinski definition) is 5. The lowest BCUT2D eigenvalue weighted by atomic mass is 9.66.